The van der Waals surface area contributed by atoms with E-state index in [-0.39, 0.29) is 24.3 Å². The minimum Gasteiger partial charge on any atom is -0.481 e. The van der Waals surface area contributed by atoms with E-state index < -0.39 is 23.9 Å². The number of aliphatic hydroxyl groups excluding tert-OH is 1. The Morgan fingerprint density at radius 1 is 1.35 bits per heavy atom. The van der Waals surface area contributed by atoms with Crippen LogP contribution in [0.4, 0.5) is 0 Å². The summed E-state index contributed by atoms with van der Waals surface area (Å²) >= 11 is 0. The van der Waals surface area contributed by atoms with Crippen molar-refractivity contribution in [1.82, 2.24) is 5.32 Å². The van der Waals surface area contributed by atoms with E-state index in [2.05, 4.69) is 5.32 Å². The summed E-state index contributed by atoms with van der Waals surface area (Å²) in [5, 5.41) is 20.9. The molecular weight excluding hydrogens is 222 g/mol. The zero-order chi connectivity index (χ0) is 12.6. The molecule has 3 N–H and O–H groups in total. The van der Waals surface area contributed by atoms with Crippen molar-refractivity contribution in [2.45, 2.75) is 19.4 Å². The summed E-state index contributed by atoms with van der Waals surface area (Å²) in [5.41, 5.74) is 0. The van der Waals surface area contributed by atoms with Crippen molar-refractivity contribution in [2.75, 3.05) is 6.54 Å². The molecule has 1 fully saturated rings. The van der Waals surface area contributed by atoms with Crippen LogP contribution in [0.1, 0.15) is 13.3 Å². The second-order valence-corrected chi connectivity index (χ2v) is 4.93. The Bertz CT molecular complexity index is 364. The number of aliphatic hydroxyl groups is 1. The standard InChI is InChI=1S/C12H17NO4/c1-6(14)5-13-11(15)9-7-2-3-8(4-7)10(9)12(16)17/h2-3,6-10,14H,4-5H2,1H3,(H,13,15)(H,16,17)/t6?,7?,8?,9-,10+/m0/s1. The number of fused-ring (bicyclic) bond motifs is 2. The van der Waals surface area contributed by atoms with Gasteiger partial charge in [0.1, 0.15) is 0 Å². The molecule has 0 spiro atoms. The molecule has 5 atom stereocenters. The number of carboxylic acid groups (broad SMARTS) is 1. The smallest absolute Gasteiger partial charge is 0.307 e. The van der Waals surface area contributed by atoms with Crippen LogP contribution in [0.15, 0.2) is 12.2 Å². The van der Waals surface area contributed by atoms with Gasteiger partial charge in [0.05, 0.1) is 17.9 Å². The van der Waals surface area contributed by atoms with Gasteiger partial charge < -0.3 is 15.5 Å². The Balaban J connectivity index is 2.06. The number of nitrogens with one attached hydrogen (secondary N) is 1. The Morgan fingerprint density at radius 2 is 1.94 bits per heavy atom. The molecule has 2 aliphatic rings. The molecule has 1 amide bonds. The molecule has 0 heterocycles. The predicted octanol–water partition coefficient (Wildman–Crippen LogP) is 0.00630. The van der Waals surface area contributed by atoms with Gasteiger partial charge in [-0.3, -0.25) is 9.59 Å². The fourth-order valence-corrected chi connectivity index (χ4v) is 2.88. The number of allylic oxidation sites excluding steroid dienone is 2. The molecule has 0 saturated heterocycles. The normalized spacial score (nSPS) is 35.9. The van der Waals surface area contributed by atoms with E-state index in [1.807, 2.05) is 12.2 Å². The number of carbonyl (C=O) groups excluding carboxylic acids is 1. The van der Waals surface area contributed by atoms with Gasteiger partial charge in [0.15, 0.2) is 0 Å². The molecule has 0 aromatic heterocycles. The third-order valence-electron chi connectivity index (χ3n) is 3.62. The fourth-order valence-electron chi connectivity index (χ4n) is 2.88. The number of carboxylic acids is 1. The van der Waals surface area contributed by atoms with E-state index in [0.29, 0.717) is 0 Å². The Morgan fingerprint density at radius 3 is 2.47 bits per heavy atom. The van der Waals surface area contributed by atoms with Crippen LogP contribution < -0.4 is 5.32 Å². The van der Waals surface area contributed by atoms with Gasteiger partial charge in [-0.1, -0.05) is 12.2 Å². The van der Waals surface area contributed by atoms with Crippen LogP contribution >= 0.6 is 0 Å². The zero-order valence-electron chi connectivity index (χ0n) is 9.67. The average Bonchev–Trinajstić information content (AvgIpc) is 2.84. The maximum atomic E-state index is 11.9. The van der Waals surface area contributed by atoms with Crippen molar-refractivity contribution in [1.29, 1.82) is 0 Å². The summed E-state index contributed by atoms with van der Waals surface area (Å²) < 4.78 is 0. The van der Waals surface area contributed by atoms with Crippen molar-refractivity contribution < 1.29 is 19.8 Å². The highest BCUT2D eigenvalue weighted by molar-refractivity contribution is 5.86. The number of rotatable bonds is 4. The van der Waals surface area contributed by atoms with Crippen LogP contribution in [0.2, 0.25) is 0 Å². The van der Waals surface area contributed by atoms with Crippen LogP contribution in [-0.4, -0.2) is 34.7 Å². The molecule has 2 bridgehead atoms. The van der Waals surface area contributed by atoms with Crippen molar-refractivity contribution in [3.05, 3.63) is 12.2 Å². The maximum absolute atomic E-state index is 11.9. The molecule has 3 unspecified atom stereocenters. The van der Waals surface area contributed by atoms with Crippen molar-refractivity contribution in [2.24, 2.45) is 23.7 Å². The first-order valence-corrected chi connectivity index (χ1v) is 5.87. The zero-order valence-corrected chi connectivity index (χ0v) is 9.67. The van der Waals surface area contributed by atoms with Gasteiger partial charge in [0.25, 0.3) is 0 Å². The molecule has 2 rings (SSSR count). The van der Waals surface area contributed by atoms with Gasteiger partial charge in [-0.05, 0) is 25.2 Å². The Hall–Kier alpha value is -1.36. The topological polar surface area (TPSA) is 86.6 Å². The SMILES string of the molecule is CC(O)CNC(=O)[C@H]1C2C=CC(C2)[C@H]1C(=O)O. The highest BCUT2D eigenvalue weighted by atomic mass is 16.4. The van der Waals surface area contributed by atoms with Crippen molar-refractivity contribution in [3.8, 4) is 0 Å². The second-order valence-electron chi connectivity index (χ2n) is 4.93. The lowest BCUT2D eigenvalue weighted by Crippen LogP contribution is -2.42. The molecule has 94 valence electrons. The van der Waals surface area contributed by atoms with Crippen molar-refractivity contribution in [3.63, 3.8) is 0 Å². The molecule has 17 heavy (non-hydrogen) atoms. The third kappa shape index (κ3) is 2.20. The lowest BCUT2D eigenvalue weighted by molar-refractivity contribution is -0.147. The maximum Gasteiger partial charge on any atom is 0.307 e. The summed E-state index contributed by atoms with van der Waals surface area (Å²) in [5.74, 6) is -2.23. The minimum atomic E-state index is -0.904. The van der Waals surface area contributed by atoms with Crippen LogP contribution in [-0.2, 0) is 9.59 Å². The van der Waals surface area contributed by atoms with Crippen LogP contribution in [0.5, 0.6) is 0 Å². The van der Waals surface area contributed by atoms with Gasteiger partial charge in [0, 0.05) is 6.54 Å². The second kappa shape index (κ2) is 4.49. The van der Waals surface area contributed by atoms with E-state index >= 15 is 0 Å². The third-order valence-corrected chi connectivity index (χ3v) is 3.62. The Labute approximate surface area is 99.5 Å². The summed E-state index contributed by atoms with van der Waals surface area (Å²) in [6, 6.07) is 0. The first kappa shape index (κ1) is 12.1. The molecule has 0 radical (unpaired) electrons. The van der Waals surface area contributed by atoms with E-state index in [1.165, 1.54) is 0 Å². The van der Waals surface area contributed by atoms with Gasteiger partial charge >= 0.3 is 5.97 Å². The lowest BCUT2D eigenvalue weighted by atomic mass is 9.82. The quantitative estimate of drug-likeness (QED) is 0.603. The molecule has 5 heteroatoms. The number of hydrogen-bond donors (Lipinski definition) is 3. The number of aliphatic carboxylic acids is 1. The van der Waals surface area contributed by atoms with Gasteiger partial charge in [-0.15, -0.1) is 0 Å². The molecule has 2 aliphatic carbocycles. The van der Waals surface area contributed by atoms with Crippen LogP contribution in [0.3, 0.4) is 0 Å². The number of hydrogen-bond acceptors (Lipinski definition) is 3. The lowest BCUT2D eigenvalue weighted by Gasteiger charge is -2.24. The molecule has 1 saturated carbocycles. The van der Waals surface area contributed by atoms with Gasteiger partial charge in [-0.25, -0.2) is 0 Å². The monoisotopic (exact) mass is 239 g/mol. The average molecular weight is 239 g/mol. The molecular formula is C12H17NO4. The summed E-state index contributed by atoms with van der Waals surface area (Å²) in [7, 11) is 0. The first-order chi connectivity index (χ1) is 8.00. The Kier molecular flexibility index (Phi) is 3.19. The van der Waals surface area contributed by atoms with Crippen LogP contribution in [0.25, 0.3) is 0 Å². The van der Waals surface area contributed by atoms with Crippen molar-refractivity contribution >= 4 is 11.9 Å². The fraction of sp³-hybridized carbons (Fsp3) is 0.667. The predicted molar refractivity (Wildman–Crippen MR) is 60.0 cm³/mol. The largest absolute Gasteiger partial charge is 0.481 e. The van der Waals surface area contributed by atoms with E-state index in [9.17, 15) is 9.59 Å². The first-order valence-electron chi connectivity index (χ1n) is 5.87. The number of amides is 1. The summed E-state index contributed by atoms with van der Waals surface area (Å²) in [6.45, 7) is 1.75. The van der Waals surface area contributed by atoms with E-state index in [4.69, 9.17) is 10.2 Å². The minimum absolute atomic E-state index is 0.0141. The molecule has 0 aliphatic heterocycles. The molecule has 0 aromatic carbocycles. The van der Waals surface area contributed by atoms with Crippen LogP contribution in [0, 0.1) is 23.7 Å². The van der Waals surface area contributed by atoms with E-state index in [0.717, 1.165) is 6.42 Å². The number of carbonyl (C=O) groups is 2. The highest BCUT2D eigenvalue weighted by Gasteiger charge is 2.51. The van der Waals surface area contributed by atoms with Gasteiger partial charge in [-0.2, -0.15) is 0 Å². The highest BCUT2D eigenvalue weighted by Crippen LogP contribution is 2.48. The molecule has 5 nitrogen and oxygen atoms in total. The summed E-state index contributed by atoms with van der Waals surface area (Å²) in [6.07, 6.45) is 3.99. The molecule has 0 aromatic rings. The summed E-state index contributed by atoms with van der Waals surface area (Å²) in [4.78, 5) is 23.1. The van der Waals surface area contributed by atoms with E-state index in [1.54, 1.807) is 6.92 Å². The van der Waals surface area contributed by atoms with Gasteiger partial charge in [0.2, 0.25) is 5.91 Å².